The number of sulfone groups is 1. The average molecular weight is 512 g/mol. The van der Waals surface area contributed by atoms with Crippen LogP contribution in [0.5, 0.6) is 0 Å². The van der Waals surface area contributed by atoms with Crippen molar-refractivity contribution in [1.29, 1.82) is 5.26 Å². The summed E-state index contributed by atoms with van der Waals surface area (Å²) in [4.78, 5) is 30.0. The number of nitrogens with zero attached hydrogens (tertiary/aromatic N) is 4. The molecule has 10 nitrogen and oxygen atoms in total. The Morgan fingerprint density at radius 1 is 1.22 bits per heavy atom. The molecule has 1 spiro atoms. The normalized spacial score (nSPS) is 15.7. The number of nitrogens with one attached hydrogen (secondary N) is 2. The van der Waals surface area contributed by atoms with Crippen LogP contribution in [0, 0.1) is 23.0 Å². The van der Waals surface area contributed by atoms with Gasteiger partial charge in [0.15, 0.2) is 33.1 Å². The van der Waals surface area contributed by atoms with E-state index in [1.54, 1.807) is 0 Å². The summed E-state index contributed by atoms with van der Waals surface area (Å²) in [6.45, 7) is 0. The molecule has 0 saturated heterocycles. The van der Waals surface area contributed by atoms with Crippen molar-refractivity contribution in [3.63, 3.8) is 0 Å². The zero-order valence-corrected chi connectivity index (χ0v) is 19.6. The van der Waals surface area contributed by atoms with Crippen LogP contribution in [0.1, 0.15) is 32.7 Å². The van der Waals surface area contributed by atoms with Gasteiger partial charge in [-0.05, 0) is 48.2 Å². The monoisotopic (exact) mass is 512 g/mol. The van der Waals surface area contributed by atoms with Crippen LogP contribution in [0.15, 0.2) is 30.5 Å². The van der Waals surface area contributed by atoms with Gasteiger partial charge < -0.3 is 10.6 Å². The van der Waals surface area contributed by atoms with E-state index in [4.69, 9.17) is 5.26 Å². The zero-order valence-electron chi connectivity index (χ0n) is 18.8. The molecule has 36 heavy (non-hydrogen) atoms. The first-order chi connectivity index (χ1) is 17.0. The van der Waals surface area contributed by atoms with Crippen LogP contribution >= 0.6 is 0 Å². The Kier molecular flexibility index (Phi) is 5.36. The highest BCUT2D eigenvalue weighted by atomic mass is 32.2. The highest BCUT2D eigenvalue weighted by Gasteiger charge is 2.46. The number of amides is 2. The third-order valence-electron chi connectivity index (χ3n) is 6.11. The number of nitriles is 1. The fourth-order valence-corrected chi connectivity index (χ4v) is 5.27. The molecule has 1 aliphatic carbocycles. The minimum atomic E-state index is -3.66. The first kappa shape index (κ1) is 23.6. The summed E-state index contributed by atoms with van der Waals surface area (Å²) < 4.78 is 52.0. The second-order valence-electron chi connectivity index (χ2n) is 9.02. The number of halogens is 2. The van der Waals surface area contributed by atoms with Gasteiger partial charge in [-0.1, -0.05) is 0 Å². The lowest BCUT2D eigenvalue weighted by Gasteiger charge is -2.33. The molecule has 0 bridgehead atoms. The van der Waals surface area contributed by atoms with Crippen molar-refractivity contribution >= 4 is 27.5 Å². The molecule has 3 aromatic rings. The summed E-state index contributed by atoms with van der Waals surface area (Å²) >= 11 is 0. The van der Waals surface area contributed by atoms with Crippen molar-refractivity contribution in [3.8, 4) is 11.9 Å². The van der Waals surface area contributed by atoms with Crippen LogP contribution < -0.4 is 10.6 Å². The van der Waals surface area contributed by atoms with Crippen molar-refractivity contribution in [1.82, 2.24) is 20.1 Å². The van der Waals surface area contributed by atoms with E-state index in [1.807, 2.05) is 6.07 Å². The Labute approximate surface area is 203 Å². The number of rotatable bonds is 4. The molecule has 0 fully saturated rings. The summed E-state index contributed by atoms with van der Waals surface area (Å²) in [5.41, 5.74) is 0.881. The fraction of sp³-hybridized carbons (Fsp3) is 0.261. The summed E-state index contributed by atoms with van der Waals surface area (Å²) in [6, 6.07) is 7.12. The zero-order chi connectivity index (χ0) is 25.8. The van der Waals surface area contributed by atoms with Gasteiger partial charge in [0.1, 0.15) is 17.4 Å². The second kappa shape index (κ2) is 8.20. The molecule has 1 aliphatic heterocycles. The minimum absolute atomic E-state index is 0.0296. The molecule has 13 heteroatoms. The predicted molar refractivity (Wildman–Crippen MR) is 122 cm³/mol. The molecule has 2 aliphatic rings. The Hall–Kier alpha value is -4.18. The molecular formula is C23H18F2N6O4S. The number of hydrogen-bond donors (Lipinski definition) is 2. The van der Waals surface area contributed by atoms with Crippen LogP contribution in [-0.2, 0) is 33.9 Å². The molecular weight excluding hydrogens is 494 g/mol. The van der Waals surface area contributed by atoms with Gasteiger partial charge in [0.05, 0.1) is 16.8 Å². The van der Waals surface area contributed by atoms with E-state index in [1.165, 1.54) is 23.0 Å². The van der Waals surface area contributed by atoms with E-state index < -0.39 is 44.6 Å². The molecule has 0 saturated carbocycles. The predicted octanol–water partition coefficient (Wildman–Crippen LogP) is 1.22. The van der Waals surface area contributed by atoms with Crippen LogP contribution in [0.3, 0.4) is 0 Å². The van der Waals surface area contributed by atoms with Crippen molar-refractivity contribution in [2.75, 3.05) is 17.3 Å². The van der Waals surface area contributed by atoms with Crippen LogP contribution in [0.2, 0.25) is 0 Å². The Morgan fingerprint density at radius 2 is 1.89 bits per heavy atom. The highest BCUT2D eigenvalue weighted by molar-refractivity contribution is 7.91. The van der Waals surface area contributed by atoms with Crippen molar-refractivity contribution in [3.05, 3.63) is 70.0 Å². The van der Waals surface area contributed by atoms with E-state index in [0.29, 0.717) is 16.8 Å². The van der Waals surface area contributed by atoms with Gasteiger partial charge in [0, 0.05) is 18.9 Å². The summed E-state index contributed by atoms with van der Waals surface area (Å²) in [5, 5.41) is 18.9. The number of carbonyl (C=O) groups is 2. The van der Waals surface area contributed by atoms with Gasteiger partial charge in [-0.3, -0.25) is 9.59 Å². The number of fused-ring (bicyclic) bond motifs is 2. The van der Waals surface area contributed by atoms with Gasteiger partial charge in [-0.15, -0.1) is 0 Å². The quantitative estimate of drug-likeness (QED) is 0.534. The van der Waals surface area contributed by atoms with E-state index in [2.05, 4.69) is 20.7 Å². The van der Waals surface area contributed by atoms with Gasteiger partial charge in [0.2, 0.25) is 5.91 Å². The largest absolute Gasteiger partial charge is 0.345 e. The van der Waals surface area contributed by atoms with E-state index in [0.717, 1.165) is 18.4 Å². The standard InChI is InChI=1S/C23H18F2N6O4S/c1-36(34,35)11-19(32)28-21-20-17(30-31(21)18-3-2-12(9-26)10-27-18)8-23(29-22(20)33)6-13-4-15(24)16(25)5-14(13)7-23/h2-5,10H,6-8,11H2,1H3,(H,28,32)(H,29,33). The van der Waals surface area contributed by atoms with E-state index >= 15 is 0 Å². The molecule has 2 aromatic heterocycles. The number of hydrogen-bond acceptors (Lipinski definition) is 7. The average Bonchev–Trinajstić information content (AvgIpc) is 3.30. The van der Waals surface area contributed by atoms with E-state index in [9.17, 15) is 26.8 Å². The summed E-state index contributed by atoms with van der Waals surface area (Å²) in [5.74, 6) is -4.11. The van der Waals surface area contributed by atoms with Crippen molar-refractivity contribution < 1.29 is 26.8 Å². The number of anilines is 1. The Balaban J connectivity index is 1.57. The third-order valence-corrected chi connectivity index (χ3v) is 6.90. The lowest BCUT2D eigenvalue weighted by atomic mass is 9.85. The molecule has 2 N–H and O–H groups in total. The second-order valence-corrected chi connectivity index (χ2v) is 11.2. The van der Waals surface area contributed by atoms with Crippen LogP contribution in [0.4, 0.5) is 14.6 Å². The third kappa shape index (κ3) is 4.20. The maximum Gasteiger partial charge on any atom is 0.257 e. The van der Waals surface area contributed by atoms with Crippen molar-refractivity contribution in [2.24, 2.45) is 0 Å². The molecule has 3 heterocycles. The summed E-state index contributed by atoms with van der Waals surface area (Å²) in [6.07, 6.45) is 2.88. The fourth-order valence-electron chi connectivity index (χ4n) is 4.72. The molecule has 0 unspecified atom stereocenters. The summed E-state index contributed by atoms with van der Waals surface area (Å²) in [7, 11) is -3.66. The lowest BCUT2D eigenvalue weighted by molar-refractivity contribution is -0.113. The molecule has 184 valence electrons. The van der Waals surface area contributed by atoms with Crippen LogP contribution in [-0.4, -0.2) is 52.5 Å². The topological polar surface area (TPSA) is 147 Å². The Bertz CT molecular complexity index is 1560. The number of pyridine rings is 1. The number of benzene rings is 1. The number of aromatic nitrogens is 3. The maximum absolute atomic E-state index is 13.8. The molecule has 5 rings (SSSR count). The van der Waals surface area contributed by atoms with Crippen molar-refractivity contribution in [2.45, 2.75) is 24.8 Å². The lowest BCUT2D eigenvalue weighted by Crippen LogP contribution is -2.54. The molecule has 2 amide bonds. The first-order valence-corrected chi connectivity index (χ1v) is 12.8. The number of carbonyl (C=O) groups excluding carboxylic acids is 2. The first-order valence-electron chi connectivity index (χ1n) is 10.7. The minimum Gasteiger partial charge on any atom is -0.345 e. The molecule has 0 atom stereocenters. The Morgan fingerprint density at radius 3 is 2.44 bits per heavy atom. The smallest absolute Gasteiger partial charge is 0.257 e. The van der Waals surface area contributed by atoms with Crippen LogP contribution in [0.25, 0.3) is 5.82 Å². The van der Waals surface area contributed by atoms with Gasteiger partial charge in [-0.2, -0.15) is 15.0 Å². The molecule has 0 radical (unpaired) electrons. The molecule has 1 aromatic carbocycles. The maximum atomic E-state index is 13.8. The van der Waals surface area contributed by atoms with Gasteiger partial charge >= 0.3 is 0 Å². The van der Waals surface area contributed by atoms with Gasteiger partial charge in [-0.25, -0.2) is 22.2 Å². The highest BCUT2D eigenvalue weighted by Crippen LogP contribution is 2.39. The van der Waals surface area contributed by atoms with Gasteiger partial charge in [0.25, 0.3) is 5.91 Å². The SMILES string of the molecule is CS(=O)(=O)CC(=O)Nc1c2c(nn1-c1ccc(C#N)cn1)CC1(Cc3cc(F)c(F)cc3C1)NC2=O. The van der Waals surface area contributed by atoms with E-state index in [-0.39, 0.29) is 42.0 Å².